The number of hydrogen-bond acceptors (Lipinski definition) is 5. The standard InChI is InChI=1S/C17H23O8P/c18-12-25-15(8-6-13-4-2-1-3-5-13)11-26(23,24)10-14(17(21)22)7-9-16(19)20/h1-5,12,14-15H,6-11H2,(H,19,20)(H,21,22)(H,23,24). The van der Waals surface area contributed by atoms with Crippen molar-refractivity contribution in [3.05, 3.63) is 35.9 Å². The van der Waals surface area contributed by atoms with Crippen LogP contribution in [0.15, 0.2) is 30.3 Å². The second kappa shape index (κ2) is 10.7. The van der Waals surface area contributed by atoms with Crippen molar-refractivity contribution in [3.8, 4) is 0 Å². The summed E-state index contributed by atoms with van der Waals surface area (Å²) in [5.41, 5.74) is 0.977. The number of carbonyl (C=O) groups excluding carboxylic acids is 1. The Balaban J connectivity index is 2.67. The van der Waals surface area contributed by atoms with Gasteiger partial charge in [0.15, 0.2) is 0 Å². The van der Waals surface area contributed by atoms with Crippen LogP contribution >= 0.6 is 7.37 Å². The Hall–Kier alpha value is -2.18. The molecule has 3 N–H and O–H groups in total. The molecule has 8 nitrogen and oxygen atoms in total. The van der Waals surface area contributed by atoms with Crippen LogP contribution in [0, 0.1) is 5.92 Å². The molecule has 0 radical (unpaired) electrons. The molecule has 1 aromatic rings. The van der Waals surface area contributed by atoms with E-state index in [1.54, 1.807) is 0 Å². The first kappa shape index (κ1) is 21.9. The minimum atomic E-state index is -3.93. The van der Waals surface area contributed by atoms with E-state index >= 15 is 0 Å². The van der Waals surface area contributed by atoms with E-state index in [0.29, 0.717) is 12.8 Å². The van der Waals surface area contributed by atoms with Crippen LogP contribution in [0.2, 0.25) is 0 Å². The molecule has 144 valence electrons. The molecule has 0 aromatic heterocycles. The van der Waals surface area contributed by atoms with Crippen molar-refractivity contribution in [2.24, 2.45) is 5.92 Å². The van der Waals surface area contributed by atoms with Crippen LogP contribution in [0.1, 0.15) is 24.8 Å². The summed E-state index contributed by atoms with van der Waals surface area (Å²) in [4.78, 5) is 42.6. The van der Waals surface area contributed by atoms with Crippen LogP contribution in [-0.4, -0.2) is 51.9 Å². The SMILES string of the molecule is O=COC(CCc1ccccc1)CP(=O)(O)CC(CCC(=O)O)C(=O)O. The Morgan fingerprint density at radius 3 is 2.31 bits per heavy atom. The number of rotatable bonds is 13. The van der Waals surface area contributed by atoms with E-state index in [1.807, 2.05) is 30.3 Å². The minimum absolute atomic E-state index is 0.203. The van der Waals surface area contributed by atoms with Gasteiger partial charge in [0.05, 0.1) is 12.1 Å². The number of ether oxygens (including phenoxy) is 1. The molecule has 0 aliphatic rings. The predicted molar refractivity (Wildman–Crippen MR) is 93.3 cm³/mol. The normalized spacial score (nSPS) is 15.4. The van der Waals surface area contributed by atoms with E-state index in [9.17, 15) is 23.8 Å². The van der Waals surface area contributed by atoms with Crippen LogP contribution in [0.4, 0.5) is 0 Å². The van der Waals surface area contributed by atoms with Gasteiger partial charge in [-0.15, -0.1) is 0 Å². The lowest BCUT2D eigenvalue weighted by atomic mass is 10.1. The number of carboxylic acid groups (broad SMARTS) is 2. The van der Waals surface area contributed by atoms with Crippen molar-refractivity contribution in [3.63, 3.8) is 0 Å². The molecule has 26 heavy (non-hydrogen) atoms. The molecule has 3 atom stereocenters. The van der Waals surface area contributed by atoms with Crippen molar-refractivity contribution in [1.29, 1.82) is 0 Å². The fourth-order valence-corrected chi connectivity index (χ4v) is 4.66. The molecule has 0 saturated carbocycles. The largest absolute Gasteiger partial charge is 0.481 e. The summed E-state index contributed by atoms with van der Waals surface area (Å²) in [7, 11) is -3.93. The highest BCUT2D eigenvalue weighted by molar-refractivity contribution is 7.58. The summed E-state index contributed by atoms with van der Waals surface area (Å²) in [6, 6.07) is 9.31. The predicted octanol–water partition coefficient (Wildman–Crippen LogP) is 2.00. The first-order chi connectivity index (χ1) is 12.2. The lowest BCUT2D eigenvalue weighted by Crippen LogP contribution is -2.24. The summed E-state index contributed by atoms with van der Waals surface area (Å²) in [5.74, 6) is -3.74. The monoisotopic (exact) mass is 386 g/mol. The zero-order valence-corrected chi connectivity index (χ0v) is 15.1. The van der Waals surface area contributed by atoms with Crippen LogP contribution in [0.5, 0.6) is 0 Å². The van der Waals surface area contributed by atoms with E-state index in [1.165, 1.54) is 0 Å². The van der Waals surface area contributed by atoms with Gasteiger partial charge in [-0.2, -0.15) is 0 Å². The molecule has 0 saturated heterocycles. The van der Waals surface area contributed by atoms with Gasteiger partial charge < -0.3 is 19.8 Å². The van der Waals surface area contributed by atoms with Gasteiger partial charge in [-0.3, -0.25) is 18.9 Å². The Kier molecular flexibility index (Phi) is 9.02. The molecule has 1 rings (SSSR count). The maximum Gasteiger partial charge on any atom is 0.307 e. The molecule has 0 spiro atoms. The maximum absolute atomic E-state index is 12.4. The summed E-state index contributed by atoms with van der Waals surface area (Å²) in [6.45, 7) is 0.203. The molecular formula is C17H23O8P. The lowest BCUT2D eigenvalue weighted by molar-refractivity contribution is -0.142. The van der Waals surface area contributed by atoms with Gasteiger partial charge in [-0.1, -0.05) is 30.3 Å². The Bertz CT molecular complexity index is 645. The first-order valence-electron chi connectivity index (χ1n) is 8.12. The highest BCUT2D eigenvalue weighted by atomic mass is 31.2. The van der Waals surface area contributed by atoms with Crippen LogP contribution in [0.25, 0.3) is 0 Å². The Labute approximate surface area is 151 Å². The lowest BCUT2D eigenvalue weighted by Gasteiger charge is -2.21. The van der Waals surface area contributed by atoms with E-state index < -0.39 is 43.9 Å². The molecule has 0 fully saturated rings. The van der Waals surface area contributed by atoms with Crippen molar-refractivity contribution >= 4 is 25.8 Å². The summed E-state index contributed by atoms with van der Waals surface area (Å²) in [5, 5.41) is 17.8. The van der Waals surface area contributed by atoms with Crippen molar-refractivity contribution < 1.29 is 38.8 Å². The smallest absolute Gasteiger partial charge is 0.307 e. The van der Waals surface area contributed by atoms with Crippen molar-refractivity contribution in [2.45, 2.75) is 31.8 Å². The molecule has 0 bridgehead atoms. The minimum Gasteiger partial charge on any atom is -0.481 e. The first-order valence-corrected chi connectivity index (χ1v) is 10.1. The fraction of sp³-hybridized carbons (Fsp3) is 0.471. The van der Waals surface area contributed by atoms with E-state index in [2.05, 4.69) is 0 Å². The highest BCUT2D eigenvalue weighted by Crippen LogP contribution is 2.45. The quantitative estimate of drug-likeness (QED) is 0.346. The van der Waals surface area contributed by atoms with Gasteiger partial charge in [0.1, 0.15) is 6.10 Å². The zero-order valence-electron chi connectivity index (χ0n) is 14.2. The summed E-state index contributed by atoms with van der Waals surface area (Å²) >= 11 is 0. The Morgan fingerprint density at radius 1 is 1.12 bits per heavy atom. The van der Waals surface area contributed by atoms with Crippen LogP contribution in [-0.2, 0) is 30.1 Å². The molecule has 0 aliphatic heterocycles. The second-order valence-corrected chi connectivity index (χ2v) is 8.48. The molecule has 0 heterocycles. The van der Waals surface area contributed by atoms with Gasteiger partial charge in [0, 0.05) is 12.6 Å². The van der Waals surface area contributed by atoms with Crippen LogP contribution in [0.3, 0.4) is 0 Å². The molecular weight excluding hydrogens is 363 g/mol. The zero-order chi connectivity index (χ0) is 19.6. The number of aryl methyl sites for hydroxylation is 1. The Morgan fingerprint density at radius 2 is 1.77 bits per heavy atom. The summed E-state index contributed by atoms with van der Waals surface area (Å²) < 4.78 is 17.3. The maximum atomic E-state index is 12.4. The van der Waals surface area contributed by atoms with Gasteiger partial charge in [0.25, 0.3) is 6.47 Å². The number of aliphatic carboxylic acids is 2. The van der Waals surface area contributed by atoms with Gasteiger partial charge in [-0.05, 0) is 24.8 Å². The highest BCUT2D eigenvalue weighted by Gasteiger charge is 2.32. The molecule has 0 aliphatic carbocycles. The summed E-state index contributed by atoms with van der Waals surface area (Å²) in [6.07, 6.45) is -1.54. The molecule has 1 aromatic carbocycles. The second-order valence-electron chi connectivity index (χ2n) is 6.06. The molecule has 9 heteroatoms. The van der Waals surface area contributed by atoms with E-state index in [0.717, 1.165) is 5.56 Å². The van der Waals surface area contributed by atoms with Crippen LogP contribution < -0.4 is 0 Å². The number of hydrogen-bond donors (Lipinski definition) is 3. The van der Waals surface area contributed by atoms with Crippen molar-refractivity contribution in [1.82, 2.24) is 0 Å². The molecule has 0 amide bonds. The fourth-order valence-electron chi connectivity index (χ4n) is 2.58. The number of benzene rings is 1. The third-order valence-corrected chi connectivity index (χ3v) is 5.89. The average Bonchev–Trinajstić information content (AvgIpc) is 2.57. The number of carbonyl (C=O) groups is 3. The van der Waals surface area contributed by atoms with Crippen molar-refractivity contribution in [2.75, 3.05) is 12.3 Å². The van der Waals surface area contributed by atoms with E-state index in [4.69, 9.17) is 14.9 Å². The van der Waals surface area contributed by atoms with Gasteiger partial charge in [0.2, 0.25) is 7.37 Å². The number of carboxylic acids is 2. The third kappa shape index (κ3) is 8.78. The third-order valence-electron chi connectivity index (χ3n) is 3.90. The van der Waals surface area contributed by atoms with Gasteiger partial charge in [-0.25, -0.2) is 0 Å². The van der Waals surface area contributed by atoms with E-state index in [-0.39, 0.29) is 19.1 Å². The molecule has 3 unspecified atom stereocenters. The van der Waals surface area contributed by atoms with Gasteiger partial charge >= 0.3 is 11.9 Å². The average molecular weight is 386 g/mol. The topological polar surface area (TPSA) is 138 Å².